The number of anilines is 1. The number of hydrogen-bond donors (Lipinski definition) is 3. The number of aromatic nitrogens is 3. The molecule has 0 unspecified atom stereocenters. The van der Waals surface area contributed by atoms with Crippen molar-refractivity contribution in [2.45, 2.75) is 4.90 Å². The van der Waals surface area contributed by atoms with Crippen molar-refractivity contribution in [2.75, 3.05) is 19.0 Å². The molecule has 1 aromatic heterocycles. The van der Waals surface area contributed by atoms with Crippen LogP contribution in [0.1, 0.15) is 10.4 Å². The lowest BCUT2D eigenvalue weighted by Crippen LogP contribution is -2.23. The number of para-hydroxylation sites is 1. The van der Waals surface area contributed by atoms with Crippen molar-refractivity contribution in [3.63, 3.8) is 0 Å². The van der Waals surface area contributed by atoms with E-state index in [4.69, 9.17) is 4.74 Å². The standard InChI is InChI=1S/C19H19N5O4S/c1-3-12-20-29(26,27)14-10-8-13(9-11-14)18(25)22-19-21-17(23-24-19)15-6-4-5-7-16(15)28-2/h3-11,20H,1,12H2,2H3,(H2,21,22,23,24,25). The van der Waals surface area contributed by atoms with Crippen LogP contribution in [0.5, 0.6) is 5.75 Å². The third-order valence-electron chi connectivity index (χ3n) is 3.92. The molecule has 0 fully saturated rings. The zero-order chi connectivity index (χ0) is 20.9. The summed E-state index contributed by atoms with van der Waals surface area (Å²) >= 11 is 0. The maximum Gasteiger partial charge on any atom is 0.258 e. The van der Waals surface area contributed by atoms with Gasteiger partial charge in [0.15, 0.2) is 5.82 Å². The van der Waals surface area contributed by atoms with Crippen molar-refractivity contribution in [1.29, 1.82) is 0 Å². The quantitative estimate of drug-likeness (QED) is 0.486. The van der Waals surface area contributed by atoms with E-state index in [-0.39, 0.29) is 23.0 Å². The summed E-state index contributed by atoms with van der Waals surface area (Å²) in [6.07, 6.45) is 1.44. The third kappa shape index (κ3) is 4.68. The predicted molar refractivity (Wildman–Crippen MR) is 108 cm³/mol. The average Bonchev–Trinajstić information content (AvgIpc) is 3.20. The van der Waals surface area contributed by atoms with Gasteiger partial charge >= 0.3 is 0 Å². The number of aromatic amines is 1. The molecule has 29 heavy (non-hydrogen) atoms. The summed E-state index contributed by atoms with van der Waals surface area (Å²) in [4.78, 5) is 16.7. The molecule has 150 valence electrons. The molecule has 0 aliphatic carbocycles. The van der Waals surface area contributed by atoms with Gasteiger partial charge in [-0.25, -0.2) is 13.1 Å². The molecule has 1 heterocycles. The first-order chi connectivity index (χ1) is 13.9. The highest BCUT2D eigenvalue weighted by Gasteiger charge is 2.16. The predicted octanol–water partition coefficient (Wildman–Crippen LogP) is 2.20. The van der Waals surface area contributed by atoms with Crippen LogP contribution in [0.4, 0.5) is 5.95 Å². The number of rotatable bonds is 8. The molecule has 0 atom stereocenters. The zero-order valence-corrected chi connectivity index (χ0v) is 16.4. The molecule has 3 aromatic rings. The van der Waals surface area contributed by atoms with E-state index in [1.54, 1.807) is 13.2 Å². The number of benzene rings is 2. The van der Waals surface area contributed by atoms with Crippen molar-refractivity contribution in [3.8, 4) is 17.1 Å². The van der Waals surface area contributed by atoms with E-state index in [1.165, 1.54) is 30.3 Å². The first-order valence-corrected chi connectivity index (χ1v) is 10.0. The van der Waals surface area contributed by atoms with Crippen LogP contribution in [0.15, 0.2) is 66.1 Å². The van der Waals surface area contributed by atoms with E-state index in [0.29, 0.717) is 17.1 Å². The van der Waals surface area contributed by atoms with Gasteiger partial charge in [-0.05, 0) is 36.4 Å². The van der Waals surface area contributed by atoms with Crippen LogP contribution in [0, 0.1) is 0 Å². The fraction of sp³-hybridized carbons (Fsp3) is 0.105. The average molecular weight is 413 g/mol. The van der Waals surface area contributed by atoms with Gasteiger partial charge in [-0.15, -0.1) is 11.7 Å². The minimum Gasteiger partial charge on any atom is -0.496 e. The van der Waals surface area contributed by atoms with Crippen LogP contribution in [-0.4, -0.2) is 43.2 Å². The van der Waals surface area contributed by atoms with Crippen molar-refractivity contribution >= 4 is 21.9 Å². The molecule has 0 aliphatic rings. The molecule has 9 nitrogen and oxygen atoms in total. The van der Waals surface area contributed by atoms with Gasteiger partial charge in [0.05, 0.1) is 17.6 Å². The molecule has 10 heteroatoms. The second-order valence-corrected chi connectivity index (χ2v) is 7.59. The first kappa shape index (κ1) is 20.2. The van der Waals surface area contributed by atoms with Gasteiger partial charge in [0.2, 0.25) is 16.0 Å². The number of sulfonamides is 1. The molecule has 0 saturated heterocycles. The number of methoxy groups -OCH3 is 1. The number of ether oxygens (including phenoxy) is 1. The van der Waals surface area contributed by atoms with Crippen molar-refractivity contribution < 1.29 is 17.9 Å². The van der Waals surface area contributed by atoms with E-state index < -0.39 is 15.9 Å². The summed E-state index contributed by atoms with van der Waals surface area (Å²) in [6.45, 7) is 3.58. The number of amides is 1. The second-order valence-electron chi connectivity index (χ2n) is 5.83. The van der Waals surface area contributed by atoms with Gasteiger partial charge < -0.3 is 4.74 Å². The Morgan fingerprint density at radius 1 is 1.21 bits per heavy atom. The van der Waals surface area contributed by atoms with E-state index in [0.717, 1.165) is 0 Å². The third-order valence-corrected chi connectivity index (χ3v) is 5.36. The Morgan fingerprint density at radius 2 is 1.93 bits per heavy atom. The first-order valence-electron chi connectivity index (χ1n) is 8.52. The summed E-state index contributed by atoms with van der Waals surface area (Å²) in [5, 5.41) is 9.30. The van der Waals surface area contributed by atoms with Gasteiger partial charge in [0.25, 0.3) is 5.91 Å². The number of H-pyrrole nitrogens is 1. The molecule has 0 bridgehead atoms. The molecule has 0 aliphatic heterocycles. The topological polar surface area (TPSA) is 126 Å². The molecule has 0 spiro atoms. The van der Waals surface area contributed by atoms with Crippen molar-refractivity contribution in [3.05, 3.63) is 66.7 Å². The lowest BCUT2D eigenvalue weighted by molar-refractivity contribution is 0.102. The van der Waals surface area contributed by atoms with Crippen LogP contribution < -0.4 is 14.8 Å². The van der Waals surface area contributed by atoms with E-state index >= 15 is 0 Å². The van der Waals surface area contributed by atoms with Gasteiger partial charge in [0, 0.05) is 12.1 Å². The fourth-order valence-corrected chi connectivity index (χ4v) is 3.49. The van der Waals surface area contributed by atoms with Gasteiger partial charge in [-0.2, -0.15) is 4.98 Å². The molecule has 1 amide bonds. The Balaban J connectivity index is 1.73. The number of nitrogens with one attached hydrogen (secondary N) is 3. The summed E-state index contributed by atoms with van der Waals surface area (Å²) in [5.41, 5.74) is 0.959. The largest absolute Gasteiger partial charge is 0.496 e. The minimum absolute atomic E-state index is 0.0484. The highest BCUT2D eigenvalue weighted by molar-refractivity contribution is 7.89. The van der Waals surface area contributed by atoms with Gasteiger partial charge in [-0.1, -0.05) is 18.2 Å². The molecule has 3 rings (SSSR count). The Hall–Kier alpha value is -3.50. The number of nitrogens with zero attached hydrogens (tertiary/aromatic N) is 2. The van der Waals surface area contributed by atoms with Crippen LogP contribution in [0.3, 0.4) is 0 Å². The number of carbonyl (C=O) groups excluding carboxylic acids is 1. The molecule has 0 radical (unpaired) electrons. The number of hydrogen-bond acceptors (Lipinski definition) is 6. The maximum absolute atomic E-state index is 12.4. The highest BCUT2D eigenvalue weighted by atomic mass is 32.2. The summed E-state index contributed by atoms with van der Waals surface area (Å²) < 4.78 is 31.8. The van der Waals surface area contributed by atoms with Gasteiger partial charge in [-0.3, -0.25) is 15.2 Å². The minimum atomic E-state index is -3.65. The molecular formula is C19H19N5O4S. The smallest absolute Gasteiger partial charge is 0.258 e. The Kier molecular flexibility index (Phi) is 6.05. The van der Waals surface area contributed by atoms with Crippen molar-refractivity contribution in [1.82, 2.24) is 19.9 Å². The summed E-state index contributed by atoms with van der Waals surface area (Å²) in [7, 11) is -2.10. The van der Waals surface area contributed by atoms with Gasteiger partial charge in [0.1, 0.15) is 5.75 Å². The lowest BCUT2D eigenvalue weighted by atomic mass is 10.2. The number of carbonyl (C=O) groups is 1. The monoisotopic (exact) mass is 413 g/mol. The SMILES string of the molecule is C=CCNS(=O)(=O)c1ccc(C(=O)Nc2n[nH]c(-c3ccccc3OC)n2)cc1. The van der Waals surface area contributed by atoms with Crippen LogP contribution in [0.25, 0.3) is 11.4 Å². The fourth-order valence-electron chi connectivity index (χ4n) is 2.49. The molecule has 3 N–H and O–H groups in total. The Morgan fingerprint density at radius 3 is 2.62 bits per heavy atom. The molecule has 0 saturated carbocycles. The zero-order valence-electron chi connectivity index (χ0n) is 15.5. The normalized spacial score (nSPS) is 11.1. The Labute approximate surface area is 167 Å². The molecular weight excluding hydrogens is 394 g/mol. The van der Waals surface area contributed by atoms with E-state index in [2.05, 4.69) is 31.8 Å². The van der Waals surface area contributed by atoms with Crippen LogP contribution in [0.2, 0.25) is 0 Å². The lowest BCUT2D eigenvalue weighted by Gasteiger charge is -2.06. The van der Waals surface area contributed by atoms with E-state index in [9.17, 15) is 13.2 Å². The van der Waals surface area contributed by atoms with Crippen LogP contribution >= 0.6 is 0 Å². The van der Waals surface area contributed by atoms with Crippen molar-refractivity contribution in [2.24, 2.45) is 0 Å². The van der Waals surface area contributed by atoms with Crippen LogP contribution in [-0.2, 0) is 10.0 Å². The second kappa shape index (κ2) is 8.67. The maximum atomic E-state index is 12.4. The highest BCUT2D eigenvalue weighted by Crippen LogP contribution is 2.27. The summed E-state index contributed by atoms with van der Waals surface area (Å²) in [5.74, 6) is 0.662. The summed E-state index contributed by atoms with van der Waals surface area (Å²) in [6, 6.07) is 12.8. The van der Waals surface area contributed by atoms with E-state index in [1.807, 2.05) is 18.2 Å². The molecule has 2 aromatic carbocycles. The Bertz CT molecular complexity index is 1120.